The first kappa shape index (κ1) is 28.9. The van der Waals surface area contributed by atoms with E-state index in [1.165, 1.54) is 11.8 Å². The van der Waals surface area contributed by atoms with Gasteiger partial charge in [0.05, 0.1) is 5.25 Å². The number of hydrogen-bond acceptors (Lipinski definition) is 4. The highest BCUT2D eigenvalue weighted by molar-refractivity contribution is 9.10. The van der Waals surface area contributed by atoms with Gasteiger partial charge >= 0.3 is 0 Å². The summed E-state index contributed by atoms with van der Waals surface area (Å²) in [7, 11) is 0. The monoisotopic (exact) mass is 613 g/mol. The molecule has 0 aliphatic carbocycles. The van der Waals surface area contributed by atoms with Crippen molar-refractivity contribution in [1.82, 2.24) is 5.32 Å². The van der Waals surface area contributed by atoms with Crippen LogP contribution >= 0.6 is 27.7 Å². The third kappa shape index (κ3) is 8.43. The van der Waals surface area contributed by atoms with E-state index in [4.69, 9.17) is 0 Å². The summed E-state index contributed by atoms with van der Waals surface area (Å²) in [4.78, 5) is 40.0. The summed E-state index contributed by atoms with van der Waals surface area (Å²) < 4.78 is 0.904. The number of thioether (sulfide) groups is 1. The minimum atomic E-state index is -0.469. The second-order valence-electron chi connectivity index (χ2n) is 8.78. The number of nitrogens with one attached hydrogen (secondary N) is 3. The predicted octanol–water partition coefficient (Wildman–Crippen LogP) is 7.37. The maximum atomic E-state index is 13.4. The molecule has 4 aromatic rings. The fraction of sp³-hybridized carbons (Fsp3) is 0.0938. The molecule has 0 spiro atoms. The molecule has 0 aliphatic heterocycles. The Hall–Kier alpha value is -4.14. The molecule has 0 saturated heterocycles. The van der Waals surface area contributed by atoms with Gasteiger partial charge in [0, 0.05) is 26.3 Å². The average molecular weight is 615 g/mol. The van der Waals surface area contributed by atoms with Crippen LogP contribution in [0.15, 0.2) is 124 Å². The molecule has 4 rings (SSSR count). The van der Waals surface area contributed by atoms with Crippen LogP contribution in [-0.2, 0) is 9.59 Å². The van der Waals surface area contributed by atoms with Crippen LogP contribution in [0.2, 0.25) is 0 Å². The van der Waals surface area contributed by atoms with E-state index in [1.54, 1.807) is 36.4 Å². The van der Waals surface area contributed by atoms with Gasteiger partial charge in [-0.25, -0.2) is 0 Å². The lowest BCUT2D eigenvalue weighted by atomic mass is 10.1. The minimum Gasteiger partial charge on any atom is -0.325 e. The molecular formula is C32H28BrN3O3S. The number of benzene rings is 4. The van der Waals surface area contributed by atoms with Crippen molar-refractivity contribution in [3.8, 4) is 0 Å². The van der Waals surface area contributed by atoms with E-state index in [1.807, 2.05) is 85.8 Å². The number of halogens is 1. The first-order valence-electron chi connectivity index (χ1n) is 12.7. The minimum absolute atomic E-state index is 0.0866. The summed E-state index contributed by atoms with van der Waals surface area (Å²) in [6, 6.07) is 32.8. The lowest BCUT2D eigenvalue weighted by Crippen LogP contribution is -2.30. The number of carbonyl (C=O) groups is 3. The topological polar surface area (TPSA) is 87.3 Å². The molecule has 0 heterocycles. The quantitative estimate of drug-likeness (QED) is 0.129. The van der Waals surface area contributed by atoms with Gasteiger partial charge in [-0.05, 0) is 72.7 Å². The largest absolute Gasteiger partial charge is 0.325 e. The van der Waals surface area contributed by atoms with Crippen LogP contribution in [0.25, 0.3) is 6.08 Å². The van der Waals surface area contributed by atoms with Crippen molar-refractivity contribution in [3.05, 3.63) is 130 Å². The Kier molecular flexibility index (Phi) is 10.3. The molecule has 1 atom stereocenters. The summed E-state index contributed by atoms with van der Waals surface area (Å²) in [5, 5.41) is 8.27. The average Bonchev–Trinajstić information content (AvgIpc) is 2.97. The van der Waals surface area contributed by atoms with E-state index in [2.05, 4.69) is 31.9 Å². The fourth-order valence-electron chi connectivity index (χ4n) is 3.74. The molecule has 0 aliphatic rings. The van der Waals surface area contributed by atoms with Crippen LogP contribution in [0.5, 0.6) is 0 Å². The molecule has 3 N–H and O–H groups in total. The predicted molar refractivity (Wildman–Crippen MR) is 166 cm³/mol. The number of rotatable bonds is 10. The van der Waals surface area contributed by atoms with Crippen molar-refractivity contribution in [2.75, 3.05) is 10.6 Å². The van der Waals surface area contributed by atoms with Gasteiger partial charge in [0.25, 0.3) is 11.8 Å². The number of amides is 3. The van der Waals surface area contributed by atoms with Gasteiger partial charge in [0.15, 0.2) is 0 Å². The Balaban J connectivity index is 1.50. The van der Waals surface area contributed by atoms with Crippen molar-refractivity contribution >= 4 is 62.9 Å². The molecular weight excluding hydrogens is 586 g/mol. The highest BCUT2D eigenvalue weighted by atomic mass is 79.9. The van der Waals surface area contributed by atoms with Crippen molar-refractivity contribution in [2.24, 2.45) is 0 Å². The number of hydrogen-bond donors (Lipinski definition) is 3. The van der Waals surface area contributed by atoms with Gasteiger partial charge in [0.2, 0.25) is 5.91 Å². The zero-order valence-corrected chi connectivity index (χ0v) is 24.2. The van der Waals surface area contributed by atoms with Gasteiger partial charge < -0.3 is 16.0 Å². The van der Waals surface area contributed by atoms with Crippen LogP contribution in [0.4, 0.5) is 11.4 Å². The number of carbonyl (C=O) groups excluding carboxylic acids is 3. The fourth-order valence-corrected chi connectivity index (χ4v) is 5.02. The van der Waals surface area contributed by atoms with Crippen molar-refractivity contribution in [1.29, 1.82) is 0 Å². The van der Waals surface area contributed by atoms with Crippen LogP contribution in [-0.4, -0.2) is 23.0 Å². The molecule has 40 heavy (non-hydrogen) atoms. The summed E-state index contributed by atoms with van der Waals surface area (Å²) in [6.45, 7) is 1.96. The van der Waals surface area contributed by atoms with Crippen molar-refractivity contribution < 1.29 is 14.4 Å². The first-order chi connectivity index (χ1) is 19.4. The maximum Gasteiger partial charge on any atom is 0.272 e. The van der Waals surface area contributed by atoms with Crippen LogP contribution < -0.4 is 16.0 Å². The van der Waals surface area contributed by atoms with Crippen molar-refractivity contribution in [3.63, 3.8) is 0 Å². The normalized spacial score (nSPS) is 11.8. The Labute approximate surface area is 246 Å². The van der Waals surface area contributed by atoms with Gasteiger partial charge in [0.1, 0.15) is 5.70 Å². The smallest absolute Gasteiger partial charge is 0.272 e. The molecule has 3 amide bonds. The zero-order chi connectivity index (χ0) is 28.3. The first-order valence-corrected chi connectivity index (χ1v) is 14.4. The Bertz CT molecular complexity index is 1490. The lowest BCUT2D eigenvalue weighted by Gasteiger charge is -2.16. The number of para-hydroxylation sites is 1. The third-order valence-corrected chi connectivity index (χ3v) is 7.67. The highest BCUT2D eigenvalue weighted by Gasteiger charge is 2.19. The molecule has 0 saturated carbocycles. The van der Waals surface area contributed by atoms with Gasteiger partial charge in [-0.1, -0.05) is 77.5 Å². The Morgan fingerprint density at radius 2 is 1.45 bits per heavy atom. The Morgan fingerprint density at radius 1 is 0.800 bits per heavy atom. The summed E-state index contributed by atoms with van der Waals surface area (Å²) in [5.74, 6) is -0.946. The van der Waals surface area contributed by atoms with E-state index in [0.717, 1.165) is 20.6 Å². The van der Waals surface area contributed by atoms with Crippen LogP contribution in [0.3, 0.4) is 0 Å². The molecule has 6 nitrogen and oxygen atoms in total. The summed E-state index contributed by atoms with van der Waals surface area (Å²) in [6.07, 6.45) is 2.26. The molecule has 0 aromatic heterocycles. The van der Waals surface area contributed by atoms with E-state index >= 15 is 0 Å². The standard InChI is InChI=1S/C32H28BrN3O3S/c1-2-29(32(39)34-25-12-7-4-8-13-25)40-27-15-9-14-26(21-27)35-31(38)28(20-22-16-18-24(33)19-17-22)36-30(37)23-10-5-3-6-11-23/h3-21,29H,2H2,1H3,(H,34,39)(H,35,38)(H,36,37)/b28-20-. The van der Waals surface area contributed by atoms with Gasteiger partial charge in [-0.3, -0.25) is 14.4 Å². The molecule has 4 aromatic carbocycles. The van der Waals surface area contributed by atoms with Crippen LogP contribution in [0, 0.1) is 0 Å². The second-order valence-corrected chi connectivity index (χ2v) is 11.0. The second kappa shape index (κ2) is 14.3. The molecule has 0 fully saturated rings. The zero-order valence-electron chi connectivity index (χ0n) is 21.8. The SMILES string of the molecule is CCC(Sc1cccc(NC(=O)/C(=C/c2ccc(Br)cc2)NC(=O)c2ccccc2)c1)C(=O)Nc1ccccc1. The summed E-state index contributed by atoms with van der Waals surface area (Å²) >= 11 is 4.84. The summed E-state index contributed by atoms with van der Waals surface area (Å²) in [5.41, 5.74) is 2.58. The van der Waals surface area contributed by atoms with Crippen molar-refractivity contribution in [2.45, 2.75) is 23.5 Å². The third-order valence-electron chi connectivity index (χ3n) is 5.78. The molecule has 8 heteroatoms. The molecule has 0 bridgehead atoms. The lowest BCUT2D eigenvalue weighted by molar-refractivity contribution is -0.116. The van der Waals surface area contributed by atoms with E-state index in [9.17, 15) is 14.4 Å². The molecule has 202 valence electrons. The number of anilines is 2. The van der Waals surface area contributed by atoms with E-state index in [0.29, 0.717) is 17.7 Å². The maximum absolute atomic E-state index is 13.4. The molecule has 0 radical (unpaired) electrons. The van der Waals surface area contributed by atoms with Gasteiger partial charge in [-0.2, -0.15) is 0 Å². The Morgan fingerprint density at radius 3 is 2.12 bits per heavy atom. The van der Waals surface area contributed by atoms with E-state index in [-0.39, 0.29) is 16.9 Å². The van der Waals surface area contributed by atoms with E-state index < -0.39 is 11.8 Å². The highest BCUT2D eigenvalue weighted by Crippen LogP contribution is 2.29. The van der Waals surface area contributed by atoms with Crippen LogP contribution in [0.1, 0.15) is 29.3 Å². The molecule has 1 unspecified atom stereocenters. The van der Waals surface area contributed by atoms with Gasteiger partial charge in [-0.15, -0.1) is 11.8 Å².